The molecule has 1 heterocycles. The van der Waals surface area contributed by atoms with E-state index in [1.165, 1.54) is 4.90 Å². The molecule has 0 saturated heterocycles. The van der Waals surface area contributed by atoms with Crippen LogP contribution in [0.5, 0.6) is 0 Å². The lowest BCUT2D eigenvalue weighted by molar-refractivity contribution is 0.0359. The van der Waals surface area contributed by atoms with Gasteiger partial charge in [0, 0.05) is 7.05 Å². The number of carbonyl (C=O) groups excluding carboxylic acids is 1. The van der Waals surface area contributed by atoms with E-state index in [1.807, 2.05) is 20.8 Å². The molecule has 1 rings (SSSR count). The van der Waals surface area contributed by atoms with Crippen LogP contribution < -0.4 is 0 Å². The predicted octanol–water partition coefficient (Wildman–Crippen LogP) is 2.81. The number of rotatable bonds is 2. The second-order valence-corrected chi connectivity index (χ2v) is 5.22. The molecule has 16 heavy (non-hydrogen) atoms. The van der Waals surface area contributed by atoms with Crippen molar-refractivity contribution in [3.63, 3.8) is 0 Å². The molecule has 0 unspecified atom stereocenters. The quantitative estimate of drug-likeness (QED) is 0.723. The highest BCUT2D eigenvalue weighted by Crippen LogP contribution is 2.25. The fourth-order valence-electron chi connectivity index (χ4n) is 1.33. The monoisotopic (exact) mass is 224 g/mol. The van der Waals surface area contributed by atoms with Crippen LogP contribution in [0.1, 0.15) is 34.6 Å². The molecular formula is C12H20N2O2. The zero-order valence-electron chi connectivity index (χ0n) is 10.9. The van der Waals surface area contributed by atoms with E-state index >= 15 is 0 Å². The molecule has 0 spiro atoms. The van der Waals surface area contributed by atoms with Crippen LogP contribution in [-0.4, -0.2) is 29.9 Å². The first-order valence-electron chi connectivity index (χ1n) is 5.47. The van der Waals surface area contributed by atoms with Gasteiger partial charge in [0.05, 0.1) is 17.6 Å². The molecule has 0 aromatic rings. The molecule has 4 heteroatoms. The van der Waals surface area contributed by atoms with Gasteiger partial charge in [-0.1, -0.05) is 13.8 Å². The van der Waals surface area contributed by atoms with Gasteiger partial charge in [-0.25, -0.2) is 4.79 Å². The fourth-order valence-corrected chi connectivity index (χ4v) is 1.33. The molecule has 0 N–H and O–H groups in total. The average Bonchev–Trinajstić information content (AvgIpc) is 1.96. The first-order chi connectivity index (χ1) is 7.22. The lowest BCUT2D eigenvalue weighted by Crippen LogP contribution is -2.36. The number of amides is 1. The Kier molecular flexibility index (Phi) is 3.41. The summed E-state index contributed by atoms with van der Waals surface area (Å²) in [5.74, 6) is 0.324. The van der Waals surface area contributed by atoms with Crippen LogP contribution in [0, 0.1) is 5.92 Å². The molecule has 0 radical (unpaired) electrons. The molecule has 0 bridgehead atoms. The molecule has 90 valence electrons. The second kappa shape index (κ2) is 4.28. The Morgan fingerprint density at radius 1 is 1.44 bits per heavy atom. The molecule has 0 fully saturated rings. The van der Waals surface area contributed by atoms with Gasteiger partial charge >= 0.3 is 6.09 Å². The molecular weight excluding hydrogens is 204 g/mol. The van der Waals surface area contributed by atoms with Crippen molar-refractivity contribution in [2.45, 2.75) is 40.2 Å². The highest BCUT2D eigenvalue weighted by molar-refractivity contribution is 5.91. The zero-order chi connectivity index (χ0) is 12.5. The third-order valence-electron chi connectivity index (χ3n) is 2.16. The number of nitrogens with zero attached hydrogens (tertiary/aromatic N) is 2. The van der Waals surface area contributed by atoms with Crippen molar-refractivity contribution in [1.29, 1.82) is 0 Å². The third kappa shape index (κ3) is 2.84. The minimum atomic E-state index is -0.467. The number of ether oxygens (including phenoxy) is 1. The Balaban J connectivity index is 2.69. The predicted molar refractivity (Wildman–Crippen MR) is 64.4 cm³/mol. The molecule has 0 aliphatic carbocycles. The van der Waals surface area contributed by atoms with E-state index in [0.29, 0.717) is 5.92 Å². The van der Waals surface area contributed by atoms with Crippen molar-refractivity contribution in [3.8, 4) is 0 Å². The highest BCUT2D eigenvalue weighted by Gasteiger charge is 2.26. The minimum absolute atomic E-state index is 0.324. The summed E-state index contributed by atoms with van der Waals surface area (Å²) in [5, 5.41) is 0. The molecule has 0 atom stereocenters. The number of hydrogen-bond donors (Lipinski definition) is 0. The van der Waals surface area contributed by atoms with E-state index in [1.54, 1.807) is 13.3 Å². The summed E-state index contributed by atoms with van der Waals surface area (Å²) in [7, 11) is 1.71. The van der Waals surface area contributed by atoms with Crippen LogP contribution in [0.4, 0.5) is 4.79 Å². The van der Waals surface area contributed by atoms with Crippen molar-refractivity contribution in [2.75, 3.05) is 7.05 Å². The summed E-state index contributed by atoms with van der Waals surface area (Å²) in [4.78, 5) is 17.4. The lowest BCUT2D eigenvalue weighted by Gasteiger charge is -2.29. The van der Waals surface area contributed by atoms with Gasteiger partial charge in [-0.05, 0) is 26.7 Å². The van der Waals surface area contributed by atoms with Crippen LogP contribution in [-0.2, 0) is 4.74 Å². The van der Waals surface area contributed by atoms with Gasteiger partial charge in [0.15, 0.2) is 0 Å². The van der Waals surface area contributed by atoms with Gasteiger partial charge in [0.25, 0.3) is 0 Å². The van der Waals surface area contributed by atoms with Crippen molar-refractivity contribution in [3.05, 3.63) is 11.4 Å². The van der Waals surface area contributed by atoms with E-state index in [0.717, 1.165) is 11.4 Å². The number of carbonyl (C=O) groups is 1. The lowest BCUT2D eigenvalue weighted by atomic mass is 10.1. The van der Waals surface area contributed by atoms with Crippen molar-refractivity contribution >= 4 is 12.3 Å². The van der Waals surface area contributed by atoms with E-state index in [2.05, 4.69) is 18.8 Å². The molecule has 1 amide bonds. The molecule has 0 aromatic heterocycles. The normalized spacial score (nSPS) is 15.2. The summed E-state index contributed by atoms with van der Waals surface area (Å²) in [6.45, 7) is 9.66. The summed E-state index contributed by atoms with van der Waals surface area (Å²) in [5.41, 5.74) is 1.34. The van der Waals surface area contributed by atoms with Crippen LogP contribution in [0.25, 0.3) is 0 Å². The summed E-state index contributed by atoms with van der Waals surface area (Å²) < 4.78 is 5.28. The standard InChI is InChI=1S/C12H20N2O2/c1-8(2)10-9(7-13-10)14(6)11(15)16-12(3,4)5/h7-8H,1-6H3. The summed E-state index contributed by atoms with van der Waals surface area (Å²) in [6.07, 6.45) is 1.35. The smallest absolute Gasteiger partial charge is 0.414 e. The van der Waals surface area contributed by atoms with Gasteiger partial charge in [-0.2, -0.15) is 0 Å². The SMILES string of the molecule is CC(C)C1=C(N(C)C(=O)OC(C)(C)C)C=N1. The minimum Gasteiger partial charge on any atom is -0.443 e. The van der Waals surface area contributed by atoms with Crippen LogP contribution in [0.2, 0.25) is 0 Å². The number of allylic oxidation sites excluding steroid dienone is 2. The topological polar surface area (TPSA) is 41.9 Å². The number of hydrogen-bond acceptors (Lipinski definition) is 3. The molecule has 1 aliphatic heterocycles. The molecule has 0 saturated carbocycles. The maximum Gasteiger partial charge on any atom is 0.414 e. The van der Waals surface area contributed by atoms with Gasteiger partial charge in [-0.3, -0.25) is 9.89 Å². The van der Waals surface area contributed by atoms with Gasteiger partial charge < -0.3 is 4.74 Å². The van der Waals surface area contributed by atoms with E-state index < -0.39 is 5.60 Å². The number of aliphatic imine (C=N–C) groups is 1. The maximum absolute atomic E-state index is 11.8. The van der Waals surface area contributed by atoms with Crippen molar-refractivity contribution < 1.29 is 9.53 Å². The fraction of sp³-hybridized carbons (Fsp3) is 0.667. The van der Waals surface area contributed by atoms with Crippen molar-refractivity contribution in [1.82, 2.24) is 4.90 Å². The van der Waals surface area contributed by atoms with Crippen LogP contribution >= 0.6 is 0 Å². The largest absolute Gasteiger partial charge is 0.443 e. The Morgan fingerprint density at radius 2 is 2.00 bits per heavy atom. The molecule has 0 aromatic carbocycles. The summed E-state index contributed by atoms with van der Waals surface area (Å²) >= 11 is 0. The Bertz CT molecular complexity index is 349. The van der Waals surface area contributed by atoms with E-state index in [4.69, 9.17) is 4.74 Å². The first kappa shape index (κ1) is 12.7. The van der Waals surface area contributed by atoms with Gasteiger partial charge in [-0.15, -0.1) is 0 Å². The Hall–Kier alpha value is -1.32. The Labute approximate surface area is 97.0 Å². The van der Waals surface area contributed by atoms with Crippen LogP contribution in [0.15, 0.2) is 16.4 Å². The zero-order valence-corrected chi connectivity index (χ0v) is 10.9. The molecule has 4 nitrogen and oxygen atoms in total. The Morgan fingerprint density at radius 3 is 2.31 bits per heavy atom. The van der Waals surface area contributed by atoms with E-state index in [9.17, 15) is 4.79 Å². The average molecular weight is 224 g/mol. The van der Waals surface area contributed by atoms with Gasteiger partial charge in [0.2, 0.25) is 0 Å². The second-order valence-electron chi connectivity index (χ2n) is 5.22. The van der Waals surface area contributed by atoms with Crippen molar-refractivity contribution in [2.24, 2.45) is 10.9 Å². The first-order valence-corrected chi connectivity index (χ1v) is 5.47. The third-order valence-corrected chi connectivity index (χ3v) is 2.16. The maximum atomic E-state index is 11.8. The van der Waals surface area contributed by atoms with Gasteiger partial charge in [0.1, 0.15) is 5.60 Å². The molecule has 1 aliphatic rings. The van der Waals surface area contributed by atoms with Crippen LogP contribution in [0.3, 0.4) is 0 Å². The van der Waals surface area contributed by atoms with E-state index in [-0.39, 0.29) is 6.09 Å². The highest BCUT2D eigenvalue weighted by atomic mass is 16.6. The summed E-state index contributed by atoms with van der Waals surface area (Å²) in [6, 6.07) is 0.